The van der Waals surface area contributed by atoms with Crippen LogP contribution >= 0.6 is 22.9 Å². The van der Waals surface area contributed by atoms with Crippen LogP contribution < -0.4 is 10.9 Å². The van der Waals surface area contributed by atoms with Crippen molar-refractivity contribution >= 4 is 28.6 Å². The summed E-state index contributed by atoms with van der Waals surface area (Å²) in [5, 5.41) is 13.3. The van der Waals surface area contributed by atoms with E-state index in [-0.39, 0.29) is 16.6 Å². The molecule has 6 heteroatoms. The summed E-state index contributed by atoms with van der Waals surface area (Å²) in [6, 6.07) is 2.11. The molecule has 1 atom stereocenters. The summed E-state index contributed by atoms with van der Waals surface area (Å²) in [6.45, 7) is 2.00. The Bertz CT molecular complexity index is 523. The van der Waals surface area contributed by atoms with Gasteiger partial charge in [-0.1, -0.05) is 11.6 Å². The van der Waals surface area contributed by atoms with E-state index in [4.69, 9.17) is 11.6 Å². The van der Waals surface area contributed by atoms with Gasteiger partial charge < -0.3 is 5.32 Å². The predicted molar refractivity (Wildman–Crippen MR) is 66.2 cm³/mol. The molecule has 0 saturated heterocycles. The van der Waals surface area contributed by atoms with Crippen molar-refractivity contribution in [3.63, 3.8) is 0 Å². The van der Waals surface area contributed by atoms with Crippen LogP contribution in [0.25, 0.3) is 0 Å². The molecule has 0 saturated carbocycles. The molecule has 2 aromatic rings. The Hall–Kier alpha value is -1.33. The number of H-pyrrole nitrogens is 1. The zero-order valence-corrected chi connectivity index (χ0v) is 10.1. The first-order valence-corrected chi connectivity index (χ1v) is 6.02. The van der Waals surface area contributed by atoms with Crippen LogP contribution in [0.15, 0.2) is 27.8 Å². The molecule has 0 spiro atoms. The van der Waals surface area contributed by atoms with Crippen molar-refractivity contribution in [2.45, 2.75) is 13.0 Å². The summed E-state index contributed by atoms with van der Waals surface area (Å²) in [7, 11) is 0. The highest BCUT2D eigenvalue weighted by molar-refractivity contribution is 7.07. The van der Waals surface area contributed by atoms with Crippen molar-refractivity contribution in [2.24, 2.45) is 0 Å². The first-order valence-electron chi connectivity index (χ1n) is 4.70. The third-order valence-electron chi connectivity index (χ3n) is 2.21. The minimum Gasteiger partial charge on any atom is -0.376 e. The topological polar surface area (TPSA) is 57.8 Å². The van der Waals surface area contributed by atoms with E-state index in [0.29, 0.717) is 5.69 Å². The molecule has 0 aliphatic heterocycles. The fraction of sp³-hybridized carbons (Fsp3) is 0.200. The normalized spacial score (nSPS) is 12.4. The second-order valence-electron chi connectivity index (χ2n) is 3.35. The summed E-state index contributed by atoms with van der Waals surface area (Å²) in [5.41, 5.74) is 1.31. The second-order valence-corrected chi connectivity index (χ2v) is 4.51. The Kier molecular flexibility index (Phi) is 3.26. The number of rotatable bonds is 3. The van der Waals surface area contributed by atoms with E-state index in [1.165, 1.54) is 6.20 Å². The van der Waals surface area contributed by atoms with Gasteiger partial charge in [-0.15, -0.1) is 0 Å². The Labute approximate surface area is 101 Å². The summed E-state index contributed by atoms with van der Waals surface area (Å²) < 4.78 is 0. The van der Waals surface area contributed by atoms with E-state index in [2.05, 4.69) is 15.5 Å². The number of aromatic nitrogens is 2. The third-order valence-corrected chi connectivity index (χ3v) is 3.29. The average molecular weight is 256 g/mol. The van der Waals surface area contributed by atoms with Gasteiger partial charge in [0.05, 0.1) is 11.9 Å². The summed E-state index contributed by atoms with van der Waals surface area (Å²) in [5.74, 6) is 0. The molecule has 4 nitrogen and oxygen atoms in total. The average Bonchev–Trinajstić information content (AvgIpc) is 2.78. The Balaban J connectivity index is 2.21. The van der Waals surface area contributed by atoms with Crippen molar-refractivity contribution in [1.82, 2.24) is 10.2 Å². The molecular formula is C10H10ClN3OS. The highest BCUT2D eigenvalue weighted by atomic mass is 35.5. The van der Waals surface area contributed by atoms with Gasteiger partial charge in [-0.05, 0) is 29.3 Å². The van der Waals surface area contributed by atoms with Crippen LogP contribution in [-0.2, 0) is 0 Å². The van der Waals surface area contributed by atoms with Crippen LogP contribution in [0.2, 0.25) is 5.02 Å². The maximum Gasteiger partial charge on any atom is 0.285 e. The molecule has 2 rings (SSSR count). The zero-order valence-electron chi connectivity index (χ0n) is 8.53. The van der Waals surface area contributed by atoms with Crippen molar-refractivity contribution in [3.8, 4) is 0 Å². The van der Waals surface area contributed by atoms with Gasteiger partial charge >= 0.3 is 0 Å². The van der Waals surface area contributed by atoms with E-state index in [0.717, 1.165) is 5.56 Å². The molecule has 2 aromatic heterocycles. The molecule has 0 fully saturated rings. The maximum atomic E-state index is 11.2. The quantitative estimate of drug-likeness (QED) is 0.887. The second kappa shape index (κ2) is 4.67. The standard InChI is InChI=1S/C10H10ClN3OS/c1-6(7-2-3-16-5-7)13-8-4-12-14-10(15)9(8)11/h2-6H,1H3,(H2,13,14,15). The minimum absolute atomic E-state index is 0.0901. The fourth-order valence-electron chi connectivity index (χ4n) is 1.32. The first kappa shape index (κ1) is 11.2. The van der Waals surface area contributed by atoms with E-state index in [1.54, 1.807) is 11.3 Å². The van der Waals surface area contributed by atoms with Crippen molar-refractivity contribution in [1.29, 1.82) is 0 Å². The fourth-order valence-corrected chi connectivity index (χ4v) is 2.22. The van der Waals surface area contributed by atoms with Gasteiger partial charge in [0.15, 0.2) is 0 Å². The first-order chi connectivity index (χ1) is 7.68. The lowest BCUT2D eigenvalue weighted by Crippen LogP contribution is -2.13. The highest BCUT2D eigenvalue weighted by Gasteiger charge is 2.10. The highest BCUT2D eigenvalue weighted by Crippen LogP contribution is 2.23. The number of nitrogens with one attached hydrogen (secondary N) is 2. The number of hydrogen-bond acceptors (Lipinski definition) is 4. The van der Waals surface area contributed by atoms with Gasteiger partial charge in [0.25, 0.3) is 5.56 Å². The SMILES string of the molecule is CC(Nc1cn[nH]c(=O)c1Cl)c1ccsc1. The lowest BCUT2D eigenvalue weighted by molar-refractivity contribution is 0.879. The van der Waals surface area contributed by atoms with Gasteiger partial charge in [0, 0.05) is 6.04 Å². The molecule has 0 amide bonds. The van der Waals surface area contributed by atoms with Crippen LogP contribution in [0.1, 0.15) is 18.5 Å². The molecule has 16 heavy (non-hydrogen) atoms. The minimum atomic E-state index is -0.385. The number of nitrogens with zero attached hydrogens (tertiary/aromatic N) is 1. The molecule has 1 unspecified atom stereocenters. The zero-order chi connectivity index (χ0) is 11.5. The monoisotopic (exact) mass is 255 g/mol. The predicted octanol–water partition coefficient (Wildman–Crippen LogP) is 2.66. The summed E-state index contributed by atoms with van der Waals surface area (Å²) >= 11 is 7.48. The Morgan fingerprint density at radius 2 is 2.44 bits per heavy atom. The van der Waals surface area contributed by atoms with Gasteiger partial charge in [-0.2, -0.15) is 16.4 Å². The Morgan fingerprint density at radius 3 is 3.12 bits per heavy atom. The molecule has 0 aromatic carbocycles. The number of aromatic amines is 1. The maximum absolute atomic E-state index is 11.2. The van der Waals surface area contributed by atoms with Gasteiger partial charge in [-0.3, -0.25) is 4.79 Å². The molecule has 2 heterocycles. The number of hydrogen-bond donors (Lipinski definition) is 2. The smallest absolute Gasteiger partial charge is 0.285 e. The molecule has 0 aliphatic rings. The molecule has 0 bridgehead atoms. The van der Waals surface area contributed by atoms with Gasteiger partial charge in [0.2, 0.25) is 0 Å². The van der Waals surface area contributed by atoms with Crippen molar-refractivity contribution < 1.29 is 0 Å². The summed E-state index contributed by atoms with van der Waals surface area (Å²) in [6.07, 6.45) is 1.51. The van der Waals surface area contributed by atoms with Crippen LogP contribution in [0, 0.1) is 0 Å². The van der Waals surface area contributed by atoms with E-state index < -0.39 is 0 Å². The van der Waals surface area contributed by atoms with Gasteiger partial charge in [0.1, 0.15) is 5.02 Å². The molecule has 0 radical (unpaired) electrons. The van der Waals surface area contributed by atoms with E-state index >= 15 is 0 Å². The third kappa shape index (κ3) is 2.25. The molecular weight excluding hydrogens is 246 g/mol. The molecule has 0 aliphatic carbocycles. The van der Waals surface area contributed by atoms with E-state index in [1.807, 2.05) is 23.8 Å². The van der Waals surface area contributed by atoms with Crippen LogP contribution in [-0.4, -0.2) is 10.2 Å². The van der Waals surface area contributed by atoms with Crippen LogP contribution in [0.4, 0.5) is 5.69 Å². The Morgan fingerprint density at radius 1 is 1.62 bits per heavy atom. The number of halogens is 1. The lowest BCUT2D eigenvalue weighted by atomic mass is 10.2. The van der Waals surface area contributed by atoms with Gasteiger partial charge in [-0.25, -0.2) is 5.10 Å². The van der Waals surface area contributed by atoms with Crippen LogP contribution in [0.5, 0.6) is 0 Å². The molecule has 84 valence electrons. The summed E-state index contributed by atoms with van der Waals surface area (Å²) in [4.78, 5) is 11.2. The molecule has 2 N–H and O–H groups in total. The largest absolute Gasteiger partial charge is 0.376 e. The van der Waals surface area contributed by atoms with Crippen molar-refractivity contribution in [2.75, 3.05) is 5.32 Å². The van der Waals surface area contributed by atoms with Crippen LogP contribution in [0.3, 0.4) is 0 Å². The lowest BCUT2D eigenvalue weighted by Gasteiger charge is -2.14. The van der Waals surface area contributed by atoms with E-state index in [9.17, 15) is 4.79 Å². The number of thiophene rings is 1. The number of anilines is 1. The van der Waals surface area contributed by atoms with Crippen molar-refractivity contribution in [3.05, 3.63) is 44.0 Å².